The molecule has 1 aliphatic heterocycles. The van der Waals surface area contributed by atoms with Crippen LogP contribution < -0.4 is 17.2 Å². The van der Waals surface area contributed by atoms with Gasteiger partial charge in [0.05, 0.1) is 12.2 Å². The van der Waals surface area contributed by atoms with Gasteiger partial charge in [-0.1, -0.05) is 29.5 Å². The predicted octanol–water partition coefficient (Wildman–Crippen LogP) is 0.561. The van der Waals surface area contributed by atoms with Crippen molar-refractivity contribution in [3.63, 3.8) is 0 Å². The molecule has 1 amide bonds. The normalized spacial score (nSPS) is 14.2. The summed E-state index contributed by atoms with van der Waals surface area (Å²) in [6.45, 7) is 1.17. The van der Waals surface area contributed by atoms with Gasteiger partial charge in [-0.15, -0.1) is 0 Å². The summed E-state index contributed by atoms with van der Waals surface area (Å²) in [5.74, 6) is -0.178. The highest BCUT2D eigenvalue weighted by Crippen LogP contribution is 2.29. The lowest BCUT2D eigenvalue weighted by atomic mass is 10.2. The number of hydrogen-bond donors (Lipinski definition) is 3. The van der Waals surface area contributed by atoms with Gasteiger partial charge in [0.1, 0.15) is 0 Å². The summed E-state index contributed by atoms with van der Waals surface area (Å²) in [6.07, 6.45) is 0.696. The summed E-state index contributed by atoms with van der Waals surface area (Å²) in [7, 11) is 0. The molecule has 124 valence electrons. The van der Waals surface area contributed by atoms with Crippen molar-refractivity contribution in [1.82, 2.24) is 9.88 Å². The minimum atomic E-state index is -0.357. The second-order valence-electron chi connectivity index (χ2n) is 5.22. The van der Waals surface area contributed by atoms with Crippen molar-refractivity contribution in [3.8, 4) is 0 Å². The highest BCUT2D eigenvalue weighted by molar-refractivity contribution is 7.15. The number of hydrogen-bond acceptors (Lipinski definition) is 4. The van der Waals surface area contributed by atoms with Crippen LogP contribution in [0.25, 0.3) is 0 Å². The smallest absolute Gasteiger partial charge is 0.280 e. The van der Waals surface area contributed by atoms with Crippen LogP contribution in [-0.4, -0.2) is 34.3 Å². The molecule has 6 N–H and O–H groups in total. The molecule has 8 nitrogen and oxygen atoms in total. The third kappa shape index (κ3) is 3.51. The van der Waals surface area contributed by atoms with Crippen LogP contribution in [0.5, 0.6) is 0 Å². The number of rotatable bonds is 2. The van der Waals surface area contributed by atoms with Gasteiger partial charge in [-0.2, -0.15) is 9.98 Å². The van der Waals surface area contributed by atoms with Gasteiger partial charge in [0.2, 0.25) is 5.13 Å². The van der Waals surface area contributed by atoms with Crippen molar-refractivity contribution >= 4 is 34.3 Å². The first kappa shape index (κ1) is 15.9. The molecular formula is C15H17N7OS. The molecule has 0 bridgehead atoms. The third-order valence-electron chi connectivity index (χ3n) is 3.51. The summed E-state index contributed by atoms with van der Waals surface area (Å²) >= 11 is 1.40. The fourth-order valence-corrected chi connectivity index (χ4v) is 3.37. The number of nitrogens with zero attached hydrogens (tertiary/aromatic N) is 4. The lowest BCUT2D eigenvalue weighted by Crippen LogP contribution is -2.41. The Kier molecular flexibility index (Phi) is 4.43. The first-order valence-electron chi connectivity index (χ1n) is 7.29. The Morgan fingerprint density at radius 2 is 1.96 bits per heavy atom. The number of aromatic nitrogens is 1. The molecular weight excluding hydrogens is 326 g/mol. The average molecular weight is 343 g/mol. The molecule has 0 radical (unpaired) electrons. The van der Waals surface area contributed by atoms with E-state index in [1.54, 1.807) is 24.3 Å². The van der Waals surface area contributed by atoms with E-state index in [9.17, 15) is 4.79 Å². The van der Waals surface area contributed by atoms with Crippen molar-refractivity contribution in [2.75, 3.05) is 6.54 Å². The monoisotopic (exact) mass is 343 g/mol. The molecule has 0 saturated heterocycles. The Hall–Kier alpha value is -2.94. The summed E-state index contributed by atoms with van der Waals surface area (Å²) in [5, 5.41) is 0.526. The molecule has 2 aromatic rings. The zero-order valence-electron chi connectivity index (χ0n) is 12.8. The largest absolute Gasteiger partial charge is 0.370 e. The molecule has 0 fully saturated rings. The van der Waals surface area contributed by atoms with Crippen LogP contribution >= 0.6 is 11.3 Å². The van der Waals surface area contributed by atoms with Gasteiger partial charge >= 0.3 is 0 Å². The number of benzene rings is 1. The van der Waals surface area contributed by atoms with E-state index in [0.717, 1.165) is 10.6 Å². The topological polar surface area (TPSA) is 136 Å². The molecule has 0 unspecified atom stereocenters. The summed E-state index contributed by atoms with van der Waals surface area (Å²) in [4.78, 5) is 27.3. The number of aliphatic imine (C=N–C) groups is 2. The second-order valence-corrected chi connectivity index (χ2v) is 6.28. The zero-order chi connectivity index (χ0) is 17.1. The standard InChI is InChI=1S/C15H17N7OS/c16-13(17)21-15-19-10-6-7-22(8-11(10)24-15)14(18)20-12(23)9-4-2-1-3-5-9/h1-5H,6-8H2,(H2,18,20,23)(H4,16,17,19,21). The van der Waals surface area contributed by atoms with Crippen LogP contribution in [0.15, 0.2) is 40.3 Å². The number of fused-ring (bicyclic) bond motifs is 1. The first-order chi connectivity index (χ1) is 11.5. The third-order valence-corrected chi connectivity index (χ3v) is 4.48. The maximum Gasteiger partial charge on any atom is 0.280 e. The summed E-state index contributed by atoms with van der Waals surface area (Å²) < 4.78 is 0. The number of carbonyl (C=O) groups is 1. The number of carbonyl (C=O) groups excluding carboxylic acids is 1. The number of guanidine groups is 2. The molecule has 9 heteroatoms. The van der Waals surface area contributed by atoms with Gasteiger partial charge in [-0.05, 0) is 12.1 Å². The Balaban J connectivity index is 1.75. The predicted molar refractivity (Wildman–Crippen MR) is 94.1 cm³/mol. The molecule has 1 aromatic carbocycles. The van der Waals surface area contributed by atoms with E-state index in [4.69, 9.17) is 17.2 Å². The second kappa shape index (κ2) is 6.67. The Bertz CT molecular complexity index is 808. The zero-order valence-corrected chi connectivity index (χ0v) is 13.7. The van der Waals surface area contributed by atoms with Crippen molar-refractivity contribution in [2.45, 2.75) is 13.0 Å². The van der Waals surface area contributed by atoms with E-state index in [0.29, 0.717) is 30.2 Å². The van der Waals surface area contributed by atoms with E-state index in [2.05, 4.69) is 15.0 Å². The first-order valence-corrected chi connectivity index (χ1v) is 8.11. The maximum atomic E-state index is 12.1. The van der Waals surface area contributed by atoms with Crippen LogP contribution in [0.4, 0.5) is 5.13 Å². The van der Waals surface area contributed by atoms with E-state index < -0.39 is 0 Å². The van der Waals surface area contributed by atoms with E-state index in [1.807, 2.05) is 11.0 Å². The number of thiazole rings is 1. The number of nitrogens with two attached hydrogens (primary N) is 3. The maximum absolute atomic E-state index is 12.1. The van der Waals surface area contributed by atoms with Gasteiger partial charge in [0.15, 0.2) is 11.9 Å². The van der Waals surface area contributed by atoms with Crippen molar-refractivity contribution in [1.29, 1.82) is 0 Å². The van der Waals surface area contributed by atoms with Crippen LogP contribution in [0, 0.1) is 0 Å². The van der Waals surface area contributed by atoms with Gasteiger partial charge in [0.25, 0.3) is 5.91 Å². The molecule has 0 aliphatic carbocycles. The van der Waals surface area contributed by atoms with Crippen LogP contribution in [0.3, 0.4) is 0 Å². The Morgan fingerprint density at radius 3 is 2.67 bits per heavy atom. The minimum absolute atomic E-state index is 0.0208. The summed E-state index contributed by atoms with van der Waals surface area (Å²) in [5.41, 5.74) is 18.2. The van der Waals surface area contributed by atoms with E-state index in [1.165, 1.54) is 11.3 Å². The number of amides is 1. The molecule has 1 aliphatic rings. The summed E-state index contributed by atoms with van der Waals surface area (Å²) in [6, 6.07) is 8.83. The lowest BCUT2D eigenvalue weighted by molar-refractivity contribution is 0.100. The highest BCUT2D eigenvalue weighted by atomic mass is 32.1. The SMILES string of the molecule is NC(N)=Nc1nc2c(s1)CN(C(N)=NC(=O)c1ccccc1)CC2. The average Bonchev–Trinajstić information content (AvgIpc) is 2.95. The van der Waals surface area contributed by atoms with Crippen molar-refractivity contribution in [3.05, 3.63) is 46.5 Å². The van der Waals surface area contributed by atoms with E-state index >= 15 is 0 Å². The fraction of sp³-hybridized carbons (Fsp3) is 0.200. The quantitative estimate of drug-likeness (QED) is 0.538. The van der Waals surface area contributed by atoms with Gasteiger partial charge in [-0.3, -0.25) is 4.79 Å². The fourth-order valence-electron chi connectivity index (χ4n) is 2.36. The molecule has 3 rings (SSSR count). The van der Waals surface area contributed by atoms with Crippen LogP contribution in [-0.2, 0) is 13.0 Å². The minimum Gasteiger partial charge on any atom is -0.370 e. The Labute approximate surface area is 142 Å². The lowest BCUT2D eigenvalue weighted by Gasteiger charge is -2.26. The van der Waals surface area contributed by atoms with Crippen LogP contribution in [0.1, 0.15) is 20.9 Å². The van der Waals surface area contributed by atoms with Crippen molar-refractivity contribution < 1.29 is 4.79 Å². The molecule has 0 saturated carbocycles. The van der Waals surface area contributed by atoms with Crippen molar-refractivity contribution in [2.24, 2.45) is 27.2 Å². The molecule has 0 atom stereocenters. The van der Waals surface area contributed by atoms with Crippen LogP contribution in [0.2, 0.25) is 0 Å². The van der Waals surface area contributed by atoms with Gasteiger partial charge in [-0.25, -0.2) is 4.98 Å². The van der Waals surface area contributed by atoms with E-state index in [-0.39, 0.29) is 17.8 Å². The molecule has 1 aromatic heterocycles. The van der Waals surface area contributed by atoms with Gasteiger partial charge in [0, 0.05) is 23.4 Å². The molecule has 0 spiro atoms. The molecule has 24 heavy (non-hydrogen) atoms. The Morgan fingerprint density at radius 1 is 1.21 bits per heavy atom. The highest BCUT2D eigenvalue weighted by Gasteiger charge is 2.22. The van der Waals surface area contributed by atoms with Gasteiger partial charge < -0.3 is 22.1 Å². The molecule has 2 heterocycles.